The monoisotopic (exact) mass is 402 g/mol. The number of benzene rings is 1. The van der Waals surface area contributed by atoms with Gasteiger partial charge in [0.05, 0.1) is 18.0 Å². The summed E-state index contributed by atoms with van der Waals surface area (Å²) in [5.41, 5.74) is 3.23. The van der Waals surface area contributed by atoms with Crippen LogP contribution in [0.1, 0.15) is 30.7 Å². The second-order valence-corrected chi connectivity index (χ2v) is 6.75. The summed E-state index contributed by atoms with van der Waals surface area (Å²) in [5.74, 6) is -1.45. The van der Waals surface area contributed by atoms with E-state index in [1.807, 2.05) is 32.0 Å². The number of anilines is 2. The van der Waals surface area contributed by atoms with Gasteiger partial charge in [0.15, 0.2) is 5.13 Å². The van der Waals surface area contributed by atoms with E-state index in [-0.39, 0.29) is 19.1 Å². The van der Waals surface area contributed by atoms with Crippen LogP contribution in [0, 0.1) is 13.8 Å². The highest BCUT2D eigenvalue weighted by Crippen LogP contribution is 2.33. The van der Waals surface area contributed by atoms with Crippen molar-refractivity contribution in [3.8, 4) is 0 Å². The van der Waals surface area contributed by atoms with Gasteiger partial charge in [0.2, 0.25) is 5.91 Å². The molecule has 0 spiro atoms. The van der Waals surface area contributed by atoms with Crippen LogP contribution in [0.25, 0.3) is 0 Å². The topological polar surface area (TPSA) is 85.8 Å². The normalized spacial score (nSPS) is 10.7. The van der Waals surface area contributed by atoms with Crippen LogP contribution in [0.4, 0.5) is 10.8 Å². The molecule has 0 aliphatic carbocycles. The molecule has 7 nitrogen and oxygen atoms in total. The Balaban J connectivity index is 2.10. The quantitative estimate of drug-likeness (QED) is 0.519. The van der Waals surface area contributed by atoms with Crippen LogP contribution >= 0.6 is 11.3 Å². The number of hydrogen-bond acceptors (Lipinski definition) is 7. The van der Waals surface area contributed by atoms with E-state index in [1.165, 1.54) is 18.3 Å². The molecular formula is C20H22N2O5S. The predicted molar refractivity (Wildman–Crippen MR) is 106 cm³/mol. The van der Waals surface area contributed by atoms with Crippen LogP contribution < -0.4 is 4.90 Å². The van der Waals surface area contributed by atoms with E-state index in [2.05, 4.69) is 9.72 Å². The number of ether oxygens (including phenoxy) is 2. The smallest absolute Gasteiger partial charge is 0.331 e. The predicted octanol–water partition coefficient (Wildman–Crippen LogP) is 3.61. The van der Waals surface area contributed by atoms with Crippen LogP contribution in [0.2, 0.25) is 0 Å². The summed E-state index contributed by atoms with van der Waals surface area (Å²) in [5, 5.41) is 2.22. The molecule has 0 saturated carbocycles. The Labute approximate surface area is 167 Å². The maximum atomic E-state index is 12.3. The van der Waals surface area contributed by atoms with E-state index < -0.39 is 11.9 Å². The average molecular weight is 402 g/mol. The van der Waals surface area contributed by atoms with Crippen LogP contribution in [0.5, 0.6) is 0 Å². The van der Waals surface area contributed by atoms with Gasteiger partial charge in [0.1, 0.15) is 6.61 Å². The molecule has 2 aromatic rings. The van der Waals surface area contributed by atoms with Gasteiger partial charge in [-0.3, -0.25) is 9.69 Å². The minimum absolute atomic E-state index is 0.0685. The Kier molecular flexibility index (Phi) is 7.45. The molecule has 0 aliphatic heterocycles. The first-order valence-electron chi connectivity index (χ1n) is 8.66. The number of esters is 2. The Hall–Kier alpha value is -3.00. The Bertz CT molecular complexity index is 884. The third-order valence-corrected chi connectivity index (χ3v) is 4.59. The molecule has 0 unspecified atom stereocenters. The number of aromatic nitrogens is 1. The van der Waals surface area contributed by atoms with Gasteiger partial charge in [-0.1, -0.05) is 18.2 Å². The zero-order valence-corrected chi connectivity index (χ0v) is 17.0. The van der Waals surface area contributed by atoms with Crippen LogP contribution in [-0.2, 0) is 30.5 Å². The highest BCUT2D eigenvalue weighted by Gasteiger charge is 2.21. The van der Waals surface area contributed by atoms with Gasteiger partial charge in [-0.25, -0.2) is 14.6 Å². The molecule has 0 aliphatic rings. The molecule has 1 heterocycles. The summed E-state index contributed by atoms with van der Waals surface area (Å²) in [6.07, 6.45) is 2.01. The molecule has 0 fully saturated rings. The summed E-state index contributed by atoms with van der Waals surface area (Å²) >= 11 is 1.29. The molecule has 1 aromatic heterocycles. The molecule has 8 heteroatoms. The number of nitrogens with zero attached hydrogens (tertiary/aromatic N) is 2. The lowest BCUT2D eigenvalue weighted by Crippen LogP contribution is -2.24. The van der Waals surface area contributed by atoms with Crippen LogP contribution in [0.3, 0.4) is 0 Å². The van der Waals surface area contributed by atoms with Gasteiger partial charge in [-0.05, 0) is 31.9 Å². The second-order valence-electron chi connectivity index (χ2n) is 5.91. The minimum Gasteiger partial charge on any atom is -0.463 e. The fourth-order valence-corrected chi connectivity index (χ4v) is 3.39. The zero-order chi connectivity index (χ0) is 20.7. The van der Waals surface area contributed by atoms with Gasteiger partial charge in [-0.15, -0.1) is 11.3 Å². The summed E-state index contributed by atoms with van der Waals surface area (Å²) in [7, 11) is 0. The molecule has 28 heavy (non-hydrogen) atoms. The van der Waals surface area contributed by atoms with Crippen molar-refractivity contribution in [3.05, 3.63) is 52.6 Å². The van der Waals surface area contributed by atoms with E-state index in [4.69, 9.17) is 4.74 Å². The molecule has 2 rings (SSSR count). The van der Waals surface area contributed by atoms with Gasteiger partial charge in [0, 0.05) is 24.5 Å². The van der Waals surface area contributed by atoms with Gasteiger partial charge < -0.3 is 9.47 Å². The average Bonchev–Trinajstić information content (AvgIpc) is 3.09. The van der Waals surface area contributed by atoms with E-state index in [1.54, 1.807) is 17.2 Å². The van der Waals surface area contributed by atoms with Crippen molar-refractivity contribution in [2.24, 2.45) is 0 Å². The van der Waals surface area contributed by atoms with E-state index >= 15 is 0 Å². The van der Waals surface area contributed by atoms with Crippen molar-refractivity contribution >= 4 is 40.0 Å². The second kappa shape index (κ2) is 9.80. The van der Waals surface area contributed by atoms with E-state index in [0.717, 1.165) is 29.0 Å². The number of carbonyl (C=O) groups excluding carboxylic acids is 3. The van der Waals surface area contributed by atoms with Gasteiger partial charge >= 0.3 is 11.9 Å². The lowest BCUT2D eigenvalue weighted by atomic mass is 10.1. The Morgan fingerprint density at radius 1 is 1.11 bits per heavy atom. The molecule has 0 bridgehead atoms. The van der Waals surface area contributed by atoms with Crippen molar-refractivity contribution in [2.75, 3.05) is 11.5 Å². The lowest BCUT2D eigenvalue weighted by Gasteiger charge is -2.22. The third kappa shape index (κ3) is 5.50. The molecule has 0 radical (unpaired) electrons. The molecule has 0 saturated heterocycles. The standard InChI is InChI=1S/C20H22N2O5S/c1-5-26-17(24)9-10-18(25)27-11-16-12-28-20(21-16)22(15(4)23)19-13(2)7-6-8-14(19)3/h6-10,12H,5,11H2,1-4H3/b10-9+. The van der Waals surface area contributed by atoms with Crippen LogP contribution in [0.15, 0.2) is 35.7 Å². The summed E-state index contributed by atoms with van der Waals surface area (Å²) in [6, 6.07) is 5.80. The van der Waals surface area contributed by atoms with Crippen molar-refractivity contribution in [3.63, 3.8) is 0 Å². The maximum absolute atomic E-state index is 12.3. The molecule has 0 N–H and O–H groups in total. The molecule has 148 valence electrons. The lowest BCUT2D eigenvalue weighted by molar-refractivity contribution is -0.141. The maximum Gasteiger partial charge on any atom is 0.331 e. The zero-order valence-electron chi connectivity index (χ0n) is 16.2. The fourth-order valence-electron chi connectivity index (χ4n) is 2.53. The first-order chi connectivity index (χ1) is 13.3. The molecule has 1 amide bonds. The van der Waals surface area contributed by atoms with E-state index in [9.17, 15) is 14.4 Å². The highest BCUT2D eigenvalue weighted by atomic mass is 32.1. The van der Waals surface area contributed by atoms with Crippen molar-refractivity contribution in [1.82, 2.24) is 4.98 Å². The Morgan fingerprint density at radius 3 is 2.29 bits per heavy atom. The molecule has 1 aromatic carbocycles. The molecular weight excluding hydrogens is 380 g/mol. The highest BCUT2D eigenvalue weighted by molar-refractivity contribution is 7.14. The Morgan fingerprint density at radius 2 is 1.71 bits per heavy atom. The third-order valence-electron chi connectivity index (χ3n) is 3.71. The van der Waals surface area contributed by atoms with Gasteiger partial charge in [-0.2, -0.15) is 0 Å². The number of para-hydroxylation sites is 1. The number of amides is 1. The minimum atomic E-state index is -0.680. The number of aryl methyl sites for hydroxylation is 2. The fraction of sp³-hybridized carbons (Fsp3) is 0.300. The first-order valence-corrected chi connectivity index (χ1v) is 9.54. The SMILES string of the molecule is CCOC(=O)/C=C/C(=O)OCc1csc(N(C(C)=O)c2c(C)cccc2C)n1. The van der Waals surface area contributed by atoms with Gasteiger partial charge in [0.25, 0.3) is 0 Å². The van der Waals surface area contributed by atoms with E-state index in [0.29, 0.717) is 10.8 Å². The van der Waals surface area contributed by atoms with Crippen LogP contribution in [-0.4, -0.2) is 29.4 Å². The first kappa shape index (κ1) is 21.3. The number of carbonyl (C=O) groups is 3. The van der Waals surface area contributed by atoms with Crippen molar-refractivity contribution in [1.29, 1.82) is 0 Å². The number of rotatable bonds is 7. The summed E-state index contributed by atoms with van der Waals surface area (Å²) in [6.45, 7) is 7.18. The number of hydrogen-bond donors (Lipinski definition) is 0. The number of thiazole rings is 1. The largest absolute Gasteiger partial charge is 0.463 e. The van der Waals surface area contributed by atoms with Crippen molar-refractivity contribution in [2.45, 2.75) is 34.3 Å². The van der Waals surface area contributed by atoms with Crippen molar-refractivity contribution < 1.29 is 23.9 Å². The summed E-state index contributed by atoms with van der Waals surface area (Å²) < 4.78 is 9.76. The summed E-state index contributed by atoms with van der Waals surface area (Å²) in [4.78, 5) is 41.1. The molecule has 0 atom stereocenters.